The molecule has 0 aliphatic rings. The van der Waals surface area contributed by atoms with E-state index in [0.717, 1.165) is 0 Å². The number of hydrogen-bond donors (Lipinski definition) is 0. The summed E-state index contributed by atoms with van der Waals surface area (Å²) in [7, 11) is 0. The maximum Gasteiger partial charge on any atom is 0.344 e. The summed E-state index contributed by atoms with van der Waals surface area (Å²) in [5.74, 6) is 1.35. The Morgan fingerprint density at radius 2 is 1.29 bits per heavy atom. The molecule has 0 saturated heterocycles. The fraction of sp³-hybridized carbons (Fsp3) is 0. The molecule has 0 aliphatic carbocycles. The highest BCUT2D eigenvalue weighted by Gasteiger charge is 2.11. The van der Waals surface area contributed by atoms with E-state index >= 15 is 0 Å². The zero-order chi connectivity index (χ0) is 14.5. The normalized spacial score (nSPS) is 10.1. The molecule has 0 spiro atoms. The molecule has 0 aliphatic heterocycles. The third-order valence-corrected chi connectivity index (χ3v) is 2.74. The average Bonchev–Trinajstić information content (AvgIpc) is 2.53. The Bertz CT molecular complexity index is 723. The summed E-state index contributed by atoms with van der Waals surface area (Å²) < 4.78 is 11.1. The zero-order valence-electron chi connectivity index (χ0n) is 10.8. The van der Waals surface area contributed by atoms with Gasteiger partial charge in [-0.2, -0.15) is 4.98 Å². The lowest BCUT2D eigenvalue weighted by molar-refractivity contribution is 0.402. The van der Waals surface area contributed by atoms with Crippen LogP contribution >= 0.6 is 11.6 Å². The van der Waals surface area contributed by atoms with Crippen molar-refractivity contribution in [3.63, 3.8) is 0 Å². The summed E-state index contributed by atoms with van der Waals surface area (Å²) in [5.41, 5.74) is 0. The highest BCUT2D eigenvalue weighted by atomic mass is 35.5. The van der Waals surface area contributed by atoms with Crippen LogP contribution in [-0.4, -0.2) is 15.2 Å². The van der Waals surface area contributed by atoms with Crippen LogP contribution < -0.4 is 9.47 Å². The van der Waals surface area contributed by atoms with Gasteiger partial charge in [0.05, 0.1) is 0 Å². The first-order valence-corrected chi connectivity index (χ1v) is 6.55. The second-order valence-electron chi connectivity index (χ2n) is 4.02. The van der Waals surface area contributed by atoms with E-state index < -0.39 is 0 Å². The van der Waals surface area contributed by atoms with Gasteiger partial charge in [-0.15, -0.1) is 5.10 Å². The van der Waals surface area contributed by atoms with Crippen molar-refractivity contribution in [2.45, 2.75) is 0 Å². The van der Waals surface area contributed by atoms with Crippen LogP contribution in [0.1, 0.15) is 0 Å². The minimum Gasteiger partial charge on any atom is -0.436 e. The predicted octanol–water partition coefficient (Wildman–Crippen LogP) is 4.11. The van der Waals surface area contributed by atoms with Gasteiger partial charge in [0.1, 0.15) is 11.5 Å². The number of ether oxygens (including phenoxy) is 2. The van der Waals surface area contributed by atoms with Crippen molar-refractivity contribution in [1.82, 2.24) is 15.2 Å². The number of rotatable bonds is 4. The lowest BCUT2D eigenvalue weighted by Crippen LogP contribution is -1.98. The molecule has 21 heavy (non-hydrogen) atoms. The van der Waals surface area contributed by atoms with E-state index in [2.05, 4.69) is 15.2 Å². The molecule has 0 bridgehead atoms. The van der Waals surface area contributed by atoms with Crippen molar-refractivity contribution < 1.29 is 9.47 Å². The molecule has 6 heteroatoms. The lowest BCUT2D eigenvalue weighted by Gasteiger charge is -2.07. The van der Waals surface area contributed by atoms with E-state index in [1.807, 2.05) is 36.4 Å². The van der Waals surface area contributed by atoms with E-state index in [-0.39, 0.29) is 17.0 Å². The molecule has 0 N–H and O–H groups in total. The molecular formula is C15H10ClN3O2. The highest BCUT2D eigenvalue weighted by Crippen LogP contribution is 2.27. The third kappa shape index (κ3) is 3.46. The summed E-state index contributed by atoms with van der Waals surface area (Å²) in [6.45, 7) is 0. The van der Waals surface area contributed by atoms with Crippen LogP contribution in [0, 0.1) is 0 Å². The van der Waals surface area contributed by atoms with Gasteiger partial charge in [0.15, 0.2) is 0 Å². The van der Waals surface area contributed by atoms with Crippen molar-refractivity contribution >= 4 is 11.6 Å². The van der Waals surface area contributed by atoms with Gasteiger partial charge in [0, 0.05) is 0 Å². The summed E-state index contributed by atoms with van der Waals surface area (Å²) in [6.07, 6.45) is 0. The van der Waals surface area contributed by atoms with Crippen molar-refractivity contribution in [2.24, 2.45) is 0 Å². The SMILES string of the molecule is Clc1nnc(Oc2ccccc2)nc1Oc1ccccc1. The summed E-state index contributed by atoms with van der Waals surface area (Å²) >= 11 is 5.93. The van der Waals surface area contributed by atoms with Gasteiger partial charge in [-0.1, -0.05) is 53.1 Å². The quantitative estimate of drug-likeness (QED) is 0.725. The zero-order valence-corrected chi connectivity index (χ0v) is 11.6. The predicted molar refractivity (Wildman–Crippen MR) is 77.9 cm³/mol. The topological polar surface area (TPSA) is 57.1 Å². The molecule has 3 aromatic rings. The fourth-order valence-electron chi connectivity index (χ4n) is 1.59. The Balaban J connectivity index is 1.83. The largest absolute Gasteiger partial charge is 0.436 e. The van der Waals surface area contributed by atoms with E-state index in [4.69, 9.17) is 21.1 Å². The van der Waals surface area contributed by atoms with Gasteiger partial charge in [-0.3, -0.25) is 0 Å². The Hall–Kier alpha value is -2.66. The molecule has 3 rings (SSSR count). The van der Waals surface area contributed by atoms with E-state index in [0.29, 0.717) is 11.5 Å². The van der Waals surface area contributed by atoms with Crippen LogP contribution in [0.25, 0.3) is 0 Å². The number of nitrogens with zero attached hydrogens (tertiary/aromatic N) is 3. The Morgan fingerprint density at radius 3 is 1.90 bits per heavy atom. The van der Waals surface area contributed by atoms with Crippen LogP contribution in [0.4, 0.5) is 0 Å². The molecule has 0 radical (unpaired) electrons. The fourth-order valence-corrected chi connectivity index (χ4v) is 1.71. The Kier molecular flexibility index (Phi) is 3.93. The molecular weight excluding hydrogens is 290 g/mol. The van der Waals surface area contributed by atoms with Crippen LogP contribution in [-0.2, 0) is 0 Å². The summed E-state index contributed by atoms with van der Waals surface area (Å²) in [5, 5.41) is 7.62. The van der Waals surface area contributed by atoms with Crippen molar-refractivity contribution in [2.75, 3.05) is 0 Å². The van der Waals surface area contributed by atoms with Crippen molar-refractivity contribution in [3.05, 3.63) is 65.8 Å². The van der Waals surface area contributed by atoms with Crippen LogP contribution in [0.2, 0.25) is 5.15 Å². The summed E-state index contributed by atoms with van der Waals surface area (Å²) in [6, 6.07) is 18.4. The molecule has 1 aromatic heterocycles. The molecule has 2 aromatic carbocycles. The Morgan fingerprint density at radius 1 is 0.714 bits per heavy atom. The highest BCUT2D eigenvalue weighted by molar-refractivity contribution is 6.30. The molecule has 0 atom stereocenters. The summed E-state index contributed by atoms with van der Waals surface area (Å²) in [4.78, 5) is 4.11. The van der Waals surface area contributed by atoms with E-state index in [1.165, 1.54) is 0 Å². The molecule has 0 fully saturated rings. The number of aromatic nitrogens is 3. The first-order chi connectivity index (χ1) is 10.3. The van der Waals surface area contributed by atoms with Crippen LogP contribution in [0.5, 0.6) is 23.4 Å². The third-order valence-electron chi connectivity index (χ3n) is 2.51. The second kappa shape index (κ2) is 6.19. The first-order valence-electron chi connectivity index (χ1n) is 6.17. The first kappa shape index (κ1) is 13.3. The van der Waals surface area contributed by atoms with Gasteiger partial charge < -0.3 is 9.47 Å². The maximum atomic E-state index is 5.93. The smallest absolute Gasteiger partial charge is 0.344 e. The van der Waals surface area contributed by atoms with Gasteiger partial charge in [0.2, 0.25) is 5.15 Å². The number of halogens is 1. The van der Waals surface area contributed by atoms with Crippen LogP contribution in [0.15, 0.2) is 60.7 Å². The lowest BCUT2D eigenvalue weighted by atomic mass is 10.3. The standard InChI is InChI=1S/C15H10ClN3O2/c16-13-14(20-11-7-3-1-4-8-11)17-15(19-18-13)21-12-9-5-2-6-10-12/h1-10H. The van der Waals surface area contributed by atoms with Gasteiger partial charge in [0.25, 0.3) is 5.88 Å². The molecule has 5 nitrogen and oxygen atoms in total. The second-order valence-corrected chi connectivity index (χ2v) is 4.38. The van der Waals surface area contributed by atoms with Crippen molar-refractivity contribution in [3.8, 4) is 23.4 Å². The minimum absolute atomic E-state index is 0.0662. The van der Waals surface area contributed by atoms with Gasteiger partial charge in [-0.25, -0.2) is 0 Å². The molecule has 1 heterocycles. The minimum atomic E-state index is 0.0662. The monoisotopic (exact) mass is 299 g/mol. The van der Waals surface area contributed by atoms with Crippen LogP contribution in [0.3, 0.4) is 0 Å². The Labute approximate surface area is 126 Å². The molecule has 0 unspecified atom stereocenters. The maximum absolute atomic E-state index is 5.93. The molecule has 104 valence electrons. The number of para-hydroxylation sites is 2. The van der Waals surface area contributed by atoms with E-state index in [9.17, 15) is 0 Å². The molecule has 0 saturated carbocycles. The average molecular weight is 300 g/mol. The molecule has 0 amide bonds. The van der Waals surface area contributed by atoms with E-state index in [1.54, 1.807) is 24.3 Å². The van der Waals surface area contributed by atoms with Gasteiger partial charge >= 0.3 is 6.01 Å². The number of benzene rings is 2. The number of hydrogen-bond acceptors (Lipinski definition) is 5. The van der Waals surface area contributed by atoms with Crippen molar-refractivity contribution in [1.29, 1.82) is 0 Å². The van der Waals surface area contributed by atoms with Gasteiger partial charge in [-0.05, 0) is 24.3 Å².